The minimum atomic E-state index is -0.422. The summed E-state index contributed by atoms with van der Waals surface area (Å²) in [4.78, 5) is 28.4. The van der Waals surface area contributed by atoms with Gasteiger partial charge in [0.15, 0.2) is 0 Å². The Morgan fingerprint density at radius 1 is 1.00 bits per heavy atom. The van der Waals surface area contributed by atoms with Gasteiger partial charge in [0.2, 0.25) is 0 Å². The fraction of sp³-hybridized carbons (Fsp3) is 0.154. The molecule has 102 valence electrons. The topological polar surface area (TPSA) is 56.9 Å². The van der Waals surface area contributed by atoms with Crippen LogP contribution in [-0.2, 0) is 14.1 Å². The molecule has 0 spiro atoms. The van der Waals surface area contributed by atoms with Crippen molar-refractivity contribution in [3.05, 3.63) is 49.1 Å². The summed E-state index contributed by atoms with van der Waals surface area (Å²) in [7, 11) is 3.00. The number of aromatic nitrogens is 3. The van der Waals surface area contributed by atoms with Crippen LogP contribution in [0.15, 0.2) is 27.8 Å². The molecule has 0 aliphatic heterocycles. The second-order valence-electron chi connectivity index (χ2n) is 4.52. The van der Waals surface area contributed by atoms with E-state index in [9.17, 15) is 9.59 Å². The molecule has 0 aliphatic carbocycles. The quantitative estimate of drug-likeness (QED) is 0.597. The Bertz CT molecular complexity index is 989. The Morgan fingerprint density at radius 3 is 2.35 bits per heavy atom. The van der Waals surface area contributed by atoms with E-state index in [0.717, 1.165) is 4.57 Å². The summed E-state index contributed by atoms with van der Waals surface area (Å²) in [6.45, 7) is 0. The SMILES string of the molecule is Cn1c(=O)c2cc3cc(Cl)c(Cl)cc3nc2n(C)c1=O. The van der Waals surface area contributed by atoms with Crippen LogP contribution in [0.5, 0.6) is 0 Å². The lowest BCUT2D eigenvalue weighted by Crippen LogP contribution is -2.37. The maximum atomic E-state index is 12.1. The molecule has 3 rings (SSSR count). The van der Waals surface area contributed by atoms with Gasteiger partial charge >= 0.3 is 5.69 Å². The molecule has 20 heavy (non-hydrogen) atoms. The Balaban J connectivity index is 2.61. The molecular weight excluding hydrogens is 301 g/mol. The van der Waals surface area contributed by atoms with Crippen LogP contribution in [0.25, 0.3) is 21.9 Å². The summed E-state index contributed by atoms with van der Waals surface area (Å²) in [5.74, 6) is 0. The first kappa shape index (κ1) is 13.1. The van der Waals surface area contributed by atoms with E-state index in [-0.39, 0.29) is 5.56 Å². The molecule has 0 atom stereocenters. The minimum absolute atomic E-state index is 0.323. The zero-order chi connectivity index (χ0) is 14.6. The van der Waals surface area contributed by atoms with Crippen LogP contribution in [0.3, 0.4) is 0 Å². The summed E-state index contributed by atoms with van der Waals surface area (Å²) in [6.07, 6.45) is 0. The van der Waals surface area contributed by atoms with Crippen LogP contribution >= 0.6 is 23.2 Å². The molecule has 0 amide bonds. The number of benzene rings is 1. The van der Waals surface area contributed by atoms with E-state index < -0.39 is 5.69 Å². The van der Waals surface area contributed by atoms with E-state index in [1.807, 2.05) is 0 Å². The number of pyridine rings is 1. The average Bonchev–Trinajstić information content (AvgIpc) is 2.43. The van der Waals surface area contributed by atoms with Crippen molar-refractivity contribution in [2.45, 2.75) is 0 Å². The molecule has 0 aliphatic rings. The highest BCUT2D eigenvalue weighted by atomic mass is 35.5. The number of hydrogen-bond donors (Lipinski definition) is 0. The summed E-state index contributed by atoms with van der Waals surface area (Å²) < 4.78 is 2.38. The first-order valence-corrected chi connectivity index (χ1v) is 6.51. The predicted molar refractivity (Wildman–Crippen MR) is 79.8 cm³/mol. The van der Waals surface area contributed by atoms with Crippen LogP contribution in [0.1, 0.15) is 0 Å². The molecule has 0 fully saturated rings. The van der Waals surface area contributed by atoms with Gasteiger partial charge in [0.05, 0.1) is 20.9 Å². The maximum Gasteiger partial charge on any atom is 0.332 e. The first-order valence-electron chi connectivity index (χ1n) is 5.75. The molecule has 2 heterocycles. The van der Waals surface area contributed by atoms with Gasteiger partial charge in [-0.1, -0.05) is 23.2 Å². The highest BCUT2D eigenvalue weighted by Crippen LogP contribution is 2.27. The summed E-state index contributed by atoms with van der Waals surface area (Å²) in [5.41, 5.74) is 0.0946. The Kier molecular flexibility index (Phi) is 2.84. The molecule has 0 saturated carbocycles. The van der Waals surface area contributed by atoms with Crippen molar-refractivity contribution in [1.29, 1.82) is 0 Å². The van der Waals surface area contributed by atoms with Gasteiger partial charge in [-0.25, -0.2) is 9.78 Å². The van der Waals surface area contributed by atoms with E-state index >= 15 is 0 Å². The highest BCUT2D eigenvalue weighted by molar-refractivity contribution is 6.42. The third-order valence-corrected chi connectivity index (χ3v) is 3.99. The molecular formula is C13H9Cl2N3O2. The van der Waals surface area contributed by atoms with E-state index in [2.05, 4.69) is 4.98 Å². The molecule has 5 nitrogen and oxygen atoms in total. The Hall–Kier alpha value is -1.85. The van der Waals surface area contributed by atoms with Crippen LogP contribution in [0.4, 0.5) is 0 Å². The zero-order valence-corrected chi connectivity index (χ0v) is 12.2. The van der Waals surface area contributed by atoms with Crippen molar-refractivity contribution in [1.82, 2.24) is 14.1 Å². The standard InChI is InChI=1S/C13H9Cl2N3O2/c1-17-11-7(12(19)18(2)13(17)20)3-6-4-8(14)9(15)5-10(6)16-11/h3-5H,1-2H3. The second-order valence-corrected chi connectivity index (χ2v) is 5.34. The van der Waals surface area contributed by atoms with Crippen molar-refractivity contribution in [3.8, 4) is 0 Å². The van der Waals surface area contributed by atoms with Gasteiger partial charge in [0, 0.05) is 19.5 Å². The smallest absolute Gasteiger partial charge is 0.280 e. The lowest BCUT2D eigenvalue weighted by molar-refractivity contribution is 0.708. The fourth-order valence-electron chi connectivity index (χ4n) is 2.15. The lowest BCUT2D eigenvalue weighted by Gasteiger charge is -2.08. The van der Waals surface area contributed by atoms with Gasteiger partial charge in [-0.2, -0.15) is 0 Å². The van der Waals surface area contributed by atoms with E-state index in [4.69, 9.17) is 23.2 Å². The number of halogens is 2. The molecule has 1 aromatic carbocycles. The summed E-state index contributed by atoms with van der Waals surface area (Å²) in [6, 6.07) is 4.93. The molecule has 2 aromatic heterocycles. The Labute approximate surface area is 123 Å². The van der Waals surface area contributed by atoms with Crippen LogP contribution < -0.4 is 11.2 Å². The number of hydrogen-bond acceptors (Lipinski definition) is 3. The Morgan fingerprint density at radius 2 is 1.65 bits per heavy atom. The third-order valence-electron chi connectivity index (χ3n) is 3.26. The molecule has 0 saturated heterocycles. The van der Waals surface area contributed by atoms with Crippen molar-refractivity contribution in [2.75, 3.05) is 0 Å². The van der Waals surface area contributed by atoms with Gasteiger partial charge in [-0.05, 0) is 18.2 Å². The second kappa shape index (κ2) is 4.33. The number of rotatable bonds is 0. The van der Waals surface area contributed by atoms with E-state index in [1.165, 1.54) is 11.6 Å². The molecule has 0 radical (unpaired) electrons. The van der Waals surface area contributed by atoms with Gasteiger partial charge in [0.1, 0.15) is 5.65 Å². The lowest BCUT2D eigenvalue weighted by atomic mass is 10.2. The van der Waals surface area contributed by atoms with Gasteiger partial charge < -0.3 is 0 Å². The minimum Gasteiger partial charge on any atom is -0.280 e. The van der Waals surface area contributed by atoms with E-state index in [0.29, 0.717) is 32.0 Å². The predicted octanol–water partition coefficient (Wildman–Crippen LogP) is 2.09. The monoisotopic (exact) mass is 309 g/mol. The van der Waals surface area contributed by atoms with Gasteiger partial charge in [0.25, 0.3) is 5.56 Å². The normalized spacial score (nSPS) is 11.4. The van der Waals surface area contributed by atoms with Crippen molar-refractivity contribution >= 4 is 45.1 Å². The van der Waals surface area contributed by atoms with Crippen LogP contribution in [0, 0.1) is 0 Å². The summed E-state index contributed by atoms with van der Waals surface area (Å²) in [5, 5.41) is 1.82. The highest BCUT2D eigenvalue weighted by Gasteiger charge is 2.12. The molecule has 0 unspecified atom stereocenters. The van der Waals surface area contributed by atoms with Gasteiger partial charge in [-0.15, -0.1) is 0 Å². The molecule has 7 heteroatoms. The largest absolute Gasteiger partial charge is 0.332 e. The first-order chi connectivity index (χ1) is 9.40. The third kappa shape index (κ3) is 1.74. The number of aryl methyl sites for hydroxylation is 1. The van der Waals surface area contributed by atoms with Crippen molar-refractivity contribution < 1.29 is 0 Å². The van der Waals surface area contributed by atoms with Crippen molar-refractivity contribution in [3.63, 3.8) is 0 Å². The maximum absolute atomic E-state index is 12.1. The van der Waals surface area contributed by atoms with Crippen molar-refractivity contribution in [2.24, 2.45) is 14.1 Å². The molecule has 0 N–H and O–H groups in total. The van der Waals surface area contributed by atoms with Crippen LogP contribution in [0.2, 0.25) is 10.0 Å². The average molecular weight is 310 g/mol. The van der Waals surface area contributed by atoms with Gasteiger partial charge in [-0.3, -0.25) is 13.9 Å². The molecule has 3 aromatic rings. The van der Waals surface area contributed by atoms with E-state index in [1.54, 1.807) is 25.2 Å². The van der Waals surface area contributed by atoms with Crippen LogP contribution in [-0.4, -0.2) is 14.1 Å². The number of nitrogens with zero attached hydrogens (tertiary/aromatic N) is 3. The fourth-order valence-corrected chi connectivity index (χ4v) is 2.48. The summed E-state index contributed by atoms with van der Waals surface area (Å²) >= 11 is 11.9. The molecule has 0 bridgehead atoms. The number of fused-ring (bicyclic) bond motifs is 2. The zero-order valence-electron chi connectivity index (χ0n) is 10.6.